The summed E-state index contributed by atoms with van der Waals surface area (Å²) in [5.74, 6) is 0.302. The first-order valence-electron chi connectivity index (χ1n) is 6.56. The Balaban J connectivity index is 2.25. The molecule has 104 valence electrons. The van der Waals surface area contributed by atoms with E-state index < -0.39 is 5.91 Å². The molecule has 1 aromatic heterocycles. The highest BCUT2D eigenvalue weighted by Gasteiger charge is 2.29. The van der Waals surface area contributed by atoms with Crippen molar-refractivity contribution in [3.63, 3.8) is 0 Å². The third-order valence-electron chi connectivity index (χ3n) is 3.49. The van der Waals surface area contributed by atoms with Crippen LogP contribution in [0, 0.1) is 5.41 Å². The Bertz CT molecular complexity index is 474. The molecule has 2 rings (SSSR count). The van der Waals surface area contributed by atoms with Gasteiger partial charge in [0.25, 0.3) is 0 Å². The average molecular weight is 263 g/mol. The van der Waals surface area contributed by atoms with Crippen LogP contribution in [0.15, 0.2) is 18.3 Å². The number of rotatable bonds is 2. The van der Waals surface area contributed by atoms with E-state index in [4.69, 9.17) is 5.73 Å². The summed E-state index contributed by atoms with van der Waals surface area (Å²) in [4.78, 5) is 17.6. The quantitative estimate of drug-likeness (QED) is 0.839. The lowest BCUT2D eigenvalue weighted by molar-refractivity contribution is 0.1000. The number of amides is 1. The largest absolute Gasteiger partial charge is 0.393 e. The van der Waals surface area contributed by atoms with Crippen molar-refractivity contribution in [2.24, 2.45) is 11.1 Å². The van der Waals surface area contributed by atoms with Crippen LogP contribution in [0.1, 0.15) is 37.0 Å². The molecule has 2 heterocycles. The van der Waals surface area contributed by atoms with E-state index in [0.29, 0.717) is 12.0 Å². The highest BCUT2D eigenvalue weighted by Crippen LogP contribution is 2.30. The second-order valence-corrected chi connectivity index (χ2v) is 6.00. The van der Waals surface area contributed by atoms with Gasteiger partial charge in [0.1, 0.15) is 5.82 Å². The molecule has 0 radical (unpaired) electrons. The van der Waals surface area contributed by atoms with Crippen molar-refractivity contribution < 1.29 is 9.90 Å². The van der Waals surface area contributed by atoms with Crippen LogP contribution in [-0.4, -0.2) is 35.2 Å². The highest BCUT2D eigenvalue weighted by molar-refractivity contribution is 5.93. The van der Waals surface area contributed by atoms with Gasteiger partial charge < -0.3 is 15.7 Å². The maximum atomic E-state index is 11.2. The van der Waals surface area contributed by atoms with E-state index in [1.54, 1.807) is 18.3 Å². The number of nitrogens with zero attached hydrogens (tertiary/aromatic N) is 2. The molecule has 0 saturated carbocycles. The molecule has 1 atom stereocenters. The number of carbonyl (C=O) groups excluding carboxylic acids is 1. The maximum absolute atomic E-state index is 11.2. The summed E-state index contributed by atoms with van der Waals surface area (Å²) in [5.41, 5.74) is 5.77. The number of hydrogen-bond donors (Lipinski definition) is 2. The van der Waals surface area contributed by atoms with Gasteiger partial charge in [0.15, 0.2) is 0 Å². The molecule has 0 aromatic carbocycles. The topological polar surface area (TPSA) is 79.5 Å². The number of carbonyl (C=O) groups is 1. The molecule has 0 aliphatic carbocycles. The summed E-state index contributed by atoms with van der Waals surface area (Å²) in [6.45, 7) is 5.80. The van der Waals surface area contributed by atoms with E-state index in [1.165, 1.54) is 0 Å². The van der Waals surface area contributed by atoms with Crippen molar-refractivity contribution in [3.05, 3.63) is 23.9 Å². The summed E-state index contributed by atoms with van der Waals surface area (Å²) in [6, 6.07) is 3.33. The molecule has 1 aliphatic heterocycles. The summed E-state index contributed by atoms with van der Waals surface area (Å²) < 4.78 is 0. The minimum atomic E-state index is -0.447. The van der Waals surface area contributed by atoms with Crippen molar-refractivity contribution in [1.29, 1.82) is 0 Å². The van der Waals surface area contributed by atoms with Gasteiger partial charge in [-0.1, -0.05) is 13.8 Å². The van der Waals surface area contributed by atoms with Crippen molar-refractivity contribution in [3.8, 4) is 0 Å². The van der Waals surface area contributed by atoms with Crippen molar-refractivity contribution in [2.45, 2.75) is 32.8 Å². The van der Waals surface area contributed by atoms with Crippen molar-refractivity contribution >= 4 is 11.7 Å². The van der Waals surface area contributed by atoms with Gasteiger partial charge in [-0.05, 0) is 30.4 Å². The van der Waals surface area contributed by atoms with Crippen LogP contribution in [0.5, 0.6) is 0 Å². The number of aromatic nitrogens is 1. The molecule has 0 bridgehead atoms. The van der Waals surface area contributed by atoms with Gasteiger partial charge in [-0.15, -0.1) is 0 Å². The number of primary amides is 1. The van der Waals surface area contributed by atoms with Crippen LogP contribution in [-0.2, 0) is 0 Å². The van der Waals surface area contributed by atoms with E-state index in [9.17, 15) is 9.90 Å². The fourth-order valence-electron chi connectivity index (χ4n) is 2.65. The molecule has 1 unspecified atom stereocenters. The van der Waals surface area contributed by atoms with Crippen LogP contribution >= 0.6 is 0 Å². The average Bonchev–Trinajstić information content (AvgIpc) is 2.47. The van der Waals surface area contributed by atoms with E-state index in [1.807, 2.05) is 0 Å². The Hall–Kier alpha value is -1.62. The number of anilines is 1. The SMILES string of the molecule is CC1(C)CC(O)CCN(c2cc(C(N)=O)ccn2)C1. The fourth-order valence-corrected chi connectivity index (χ4v) is 2.65. The molecule has 1 aromatic rings. The molecule has 1 fully saturated rings. The summed E-state index contributed by atoms with van der Waals surface area (Å²) in [7, 11) is 0. The van der Waals surface area contributed by atoms with Crippen molar-refractivity contribution in [2.75, 3.05) is 18.0 Å². The Morgan fingerprint density at radius 2 is 2.32 bits per heavy atom. The summed E-state index contributed by atoms with van der Waals surface area (Å²) in [5, 5.41) is 9.91. The minimum absolute atomic E-state index is 0.0142. The predicted octanol–water partition coefficient (Wildman–Crippen LogP) is 1.17. The van der Waals surface area contributed by atoms with Gasteiger partial charge in [0.2, 0.25) is 5.91 Å². The third-order valence-corrected chi connectivity index (χ3v) is 3.49. The number of aliphatic hydroxyl groups excluding tert-OH is 1. The van der Waals surface area contributed by atoms with Gasteiger partial charge in [-0.3, -0.25) is 4.79 Å². The lowest BCUT2D eigenvalue weighted by Crippen LogP contribution is -2.33. The molecule has 1 aliphatic rings. The smallest absolute Gasteiger partial charge is 0.248 e. The highest BCUT2D eigenvalue weighted by atomic mass is 16.3. The van der Waals surface area contributed by atoms with Crippen LogP contribution in [0.4, 0.5) is 5.82 Å². The zero-order valence-corrected chi connectivity index (χ0v) is 11.5. The van der Waals surface area contributed by atoms with Gasteiger partial charge in [0.05, 0.1) is 6.10 Å². The Kier molecular flexibility index (Phi) is 3.75. The third kappa shape index (κ3) is 3.44. The van der Waals surface area contributed by atoms with Crippen LogP contribution in [0.25, 0.3) is 0 Å². The number of aliphatic hydroxyl groups is 1. The normalized spacial score (nSPS) is 22.9. The van der Waals surface area contributed by atoms with Crippen LogP contribution in [0.2, 0.25) is 0 Å². The Morgan fingerprint density at radius 1 is 1.58 bits per heavy atom. The van der Waals surface area contributed by atoms with E-state index in [-0.39, 0.29) is 11.5 Å². The van der Waals surface area contributed by atoms with E-state index in [2.05, 4.69) is 23.7 Å². The minimum Gasteiger partial charge on any atom is -0.393 e. The van der Waals surface area contributed by atoms with Crippen LogP contribution < -0.4 is 10.6 Å². The molecule has 1 amide bonds. The Morgan fingerprint density at radius 3 is 3.00 bits per heavy atom. The number of nitrogens with two attached hydrogens (primary N) is 1. The molecule has 19 heavy (non-hydrogen) atoms. The Labute approximate surface area is 113 Å². The first kappa shape index (κ1) is 13.8. The fraction of sp³-hybridized carbons (Fsp3) is 0.571. The standard InChI is InChI=1S/C14H21N3O2/c1-14(2)8-11(18)4-6-17(9-14)12-7-10(13(15)19)3-5-16-12/h3,5,7,11,18H,4,6,8-9H2,1-2H3,(H2,15,19). The molecule has 1 saturated heterocycles. The lowest BCUT2D eigenvalue weighted by atomic mass is 9.87. The van der Waals surface area contributed by atoms with Gasteiger partial charge in [-0.2, -0.15) is 0 Å². The van der Waals surface area contributed by atoms with E-state index >= 15 is 0 Å². The van der Waals surface area contributed by atoms with Gasteiger partial charge in [-0.25, -0.2) is 4.98 Å². The molecular formula is C14H21N3O2. The monoisotopic (exact) mass is 263 g/mol. The first-order chi connectivity index (χ1) is 8.87. The zero-order chi connectivity index (χ0) is 14.0. The predicted molar refractivity (Wildman–Crippen MR) is 74.0 cm³/mol. The second-order valence-electron chi connectivity index (χ2n) is 6.00. The maximum Gasteiger partial charge on any atom is 0.248 e. The van der Waals surface area contributed by atoms with Crippen molar-refractivity contribution in [1.82, 2.24) is 4.98 Å². The molecular weight excluding hydrogens is 242 g/mol. The first-order valence-corrected chi connectivity index (χ1v) is 6.56. The van der Waals surface area contributed by atoms with Gasteiger partial charge in [0, 0.05) is 24.8 Å². The summed E-state index contributed by atoms with van der Waals surface area (Å²) >= 11 is 0. The second kappa shape index (κ2) is 5.17. The van der Waals surface area contributed by atoms with Crippen LogP contribution in [0.3, 0.4) is 0 Å². The lowest BCUT2D eigenvalue weighted by Gasteiger charge is -2.30. The zero-order valence-electron chi connectivity index (χ0n) is 11.5. The number of pyridine rings is 1. The van der Waals surface area contributed by atoms with Gasteiger partial charge >= 0.3 is 0 Å². The molecule has 5 nitrogen and oxygen atoms in total. The number of hydrogen-bond acceptors (Lipinski definition) is 4. The summed E-state index contributed by atoms with van der Waals surface area (Å²) in [6.07, 6.45) is 2.81. The molecule has 5 heteroatoms. The molecule has 3 N–H and O–H groups in total. The molecule has 0 spiro atoms. The van der Waals surface area contributed by atoms with E-state index in [0.717, 1.165) is 25.3 Å².